The van der Waals surface area contributed by atoms with E-state index >= 15 is 0 Å². The van der Waals surface area contributed by atoms with Gasteiger partial charge in [-0.1, -0.05) is 50.2 Å². The summed E-state index contributed by atoms with van der Waals surface area (Å²) in [5.74, 6) is -0.640. The number of anilines is 1. The second-order valence-electron chi connectivity index (χ2n) is 16.7. The maximum absolute atomic E-state index is 14.4. The number of fused-ring (bicyclic) bond motifs is 3. The number of aryl methyl sites for hydroxylation is 1. The Hall–Kier alpha value is -3.22. The number of thiazole rings is 2. The molecule has 0 saturated carbocycles. The second-order valence-corrected chi connectivity index (χ2v) is 20.7. The molecule has 2 aromatic heterocycles. The largest absolute Gasteiger partial charge is 0.487 e. The first-order valence-corrected chi connectivity index (χ1v) is 23.6. The zero-order valence-electron chi connectivity index (χ0n) is 34.0. The van der Waals surface area contributed by atoms with E-state index in [1.807, 2.05) is 64.3 Å². The van der Waals surface area contributed by atoms with E-state index in [9.17, 15) is 18.3 Å². The predicted molar refractivity (Wildman–Crippen MR) is 226 cm³/mol. The van der Waals surface area contributed by atoms with E-state index in [2.05, 4.69) is 20.6 Å². The molecule has 316 valence electrons. The van der Waals surface area contributed by atoms with Crippen LogP contribution in [-0.4, -0.2) is 96.7 Å². The van der Waals surface area contributed by atoms with Crippen LogP contribution in [0.15, 0.2) is 52.7 Å². The molecular formula is C42H57N5O8S3. The van der Waals surface area contributed by atoms with Crippen molar-refractivity contribution in [3.63, 3.8) is 0 Å². The van der Waals surface area contributed by atoms with E-state index in [0.29, 0.717) is 30.9 Å². The highest BCUT2D eigenvalue weighted by molar-refractivity contribution is 7.89. The number of hydrogen-bond acceptors (Lipinski definition) is 14. The normalized spacial score (nSPS) is 23.4. The van der Waals surface area contributed by atoms with Gasteiger partial charge in [-0.25, -0.2) is 18.4 Å². The van der Waals surface area contributed by atoms with Crippen LogP contribution in [0.1, 0.15) is 76.1 Å². The predicted octanol–water partition coefficient (Wildman–Crippen LogP) is 6.53. The number of carbonyl (C=O) groups is 1. The van der Waals surface area contributed by atoms with E-state index in [1.54, 1.807) is 29.5 Å². The van der Waals surface area contributed by atoms with Crippen LogP contribution in [0.2, 0.25) is 0 Å². The monoisotopic (exact) mass is 855 g/mol. The molecule has 1 spiro atoms. The fourth-order valence-electron chi connectivity index (χ4n) is 8.34. The van der Waals surface area contributed by atoms with E-state index < -0.39 is 40.4 Å². The van der Waals surface area contributed by atoms with Crippen LogP contribution in [0.5, 0.6) is 5.75 Å². The van der Waals surface area contributed by atoms with Crippen LogP contribution in [-0.2, 0) is 42.1 Å². The quantitative estimate of drug-likeness (QED) is 0.0987. The van der Waals surface area contributed by atoms with Gasteiger partial charge in [0.1, 0.15) is 18.5 Å². The minimum Gasteiger partial charge on any atom is -0.487 e. The van der Waals surface area contributed by atoms with Crippen molar-refractivity contribution in [3.05, 3.63) is 64.1 Å². The van der Waals surface area contributed by atoms with Gasteiger partial charge in [-0.3, -0.25) is 4.79 Å². The van der Waals surface area contributed by atoms with E-state index in [4.69, 9.17) is 18.9 Å². The number of esters is 1. The van der Waals surface area contributed by atoms with Crippen molar-refractivity contribution in [1.82, 2.24) is 19.6 Å². The maximum Gasteiger partial charge on any atom is 0.306 e. The number of benzene rings is 2. The fraction of sp³-hybridized carbons (Fsp3) is 0.595. The van der Waals surface area contributed by atoms with Gasteiger partial charge in [0.25, 0.3) is 0 Å². The summed E-state index contributed by atoms with van der Waals surface area (Å²) in [5, 5.41) is 22.7. The smallest absolute Gasteiger partial charge is 0.306 e. The lowest BCUT2D eigenvalue weighted by Crippen LogP contribution is -2.55. The van der Waals surface area contributed by atoms with Crippen LogP contribution in [0, 0.1) is 24.7 Å². The first-order chi connectivity index (χ1) is 27.8. The molecule has 5 heterocycles. The number of aliphatic hydroxyl groups is 1. The molecule has 16 heteroatoms. The standard InChI is InChI=1S/C42H57N5O8S3/c1-26(2)20-47(58(50,51)33-13-14-34-37(19-33)57-41(46-34)44-27(3)4)21-35(48)30(17-29-9-11-32(12-10-29)52-22-31-24-56-28(5)45-31)18-38(49)55-36-23-53-40-39(36)42(25-54-40)15-7-6-8-16-43-42/h9-14,19,24,26-27,30,35-36,39-40,43,48H,6-8,15-18,20-23,25H2,1-5H3,(H,44,46)/t30-,35-,36+,39+,40+,42+/m1/s1. The van der Waals surface area contributed by atoms with Gasteiger partial charge in [0, 0.05) is 30.4 Å². The first kappa shape index (κ1) is 42.9. The van der Waals surface area contributed by atoms with Crippen LogP contribution >= 0.6 is 22.7 Å². The SMILES string of the molecule is Cc1nc(COc2ccc(C[C@H](CC(=O)O[C@H]3CO[C@H]4OC[C@@]5(CCCCCN5)[C@H]43)[C@H](O)CN(CC(C)C)S(=O)(=O)c3ccc4nc(NC(C)C)sc4c3)cc2)cs1. The molecule has 3 fully saturated rings. The van der Waals surface area contributed by atoms with Crippen LogP contribution in [0.4, 0.5) is 5.13 Å². The highest BCUT2D eigenvalue weighted by atomic mass is 32.2. The Kier molecular flexibility index (Phi) is 13.7. The third-order valence-corrected chi connectivity index (χ3v) is 14.7. The maximum atomic E-state index is 14.4. The van der Waals surface area contributed by atoms with Crippen molar-refractivity contribution in [2.45, 2.75) is 115 Å². The molecule has 3 N–H and O–H groups in total. The van der Waals surface area contributed by atoms with E-state index in [1.165, 1.54) is 15.6 Å². The van der Waals surface area contributed by atoms with Crippen molar-refractivity contribution in [1.29, 1.82) is 0 Å². The number of hydrogen-bond donors (Lipinski definition) is 3. The Morgan fingerprint density at radius 2 is 1.90 bits per heavy atom. The number of ether oxygens (including phenoxy) is 4. The van der Waals surface area contributed by atoms with Crippen molar-refractivity contribution >= 4 is 54.0 Å². The summed E-state index contributed by atoms with van der Waals surface area (Å²) in [6.45, 7) is 11.8. The van der Waals surface area contributed by atoms with Crippen LogP contribution in [0.3, 0.4) is 0 Å². The molecule has 3 aliphatic heterocycles. The molecule has 0 radical (unpaired) electrons. The average Bonchev–Trinajstić information content (AvgIpc) is 3.93. The van der Waals surface area contributed by atoms with Gasteiger partial charge in [-0.2, -0.15) is 4.31 Å². The molecule has 58 heavy (non-hydrogen) atoms. The van der Waals surface area contributed by atoms with Crippen LogP contribution < -0.4 is 15.4 Å². The zero-order valence-corrected chi connectivity index (χ0v) is 36.5. The molecule has 0 unspecified atom stereocenters. The second kappa shape index (κ2) is 18.6. The Balaban J connectivity index is 1.10. The minimum atomic E-state index is -4.05. The molecule has 2 aromatic carbocycles. The summed E-state index contributed by atoms with van der Waals surface area (Å²) >= 11 is 2.97. The summed E-state index contributed by atoms with van der Waals surface area (Å²) in [5.41, 5.74) is 2.12. The van der Waals surface area contributed by atoms with Gasteiger partial charge in [0.2, 0.25) is 10.0 Å². The lowest BCUT2D eigenvalue weighted by atomic mass is 9.80. The molecular weight excluding hydrogens is 799 g/mol. The molecule has 0 aliphatic carbocycles. The van der Waals surface area contributed by atoms with Gasteiger partial charge in [0.05, 0.1) is 63.0 Å². The molecule has 3 aliphatic rings. The average molecular weight is 856 g/mol. The first-order valence-electron chi connectivity index (χ1n) is 20.4. The summed E-state index contributed by atoms with van der Waals surface area (Å²) in [4.78, 5) is 23.2. The number of aliphatic hydroxyl groups excluding tert-OH is 1. The molecule has 3 saturated heterocycles. The molecule has 0 bridgehead atoms. The van der Waals surface area contributed by atoms with Gasteiger partial charge in [0.15, 0.2) is 11.4 Å². The lowest BCUT2D eigenvalue weighted by Gasteiger charge is -2.35. The van der Waals surface area contributed by atoms with Gasteiger partial charge in [-0.05, 0) is 88.4 Å². The molecule has 6 atom stereocenters. The number of carbonyl (C=O) groups excluding carboxylic acids is 1. The van der Waals surface area contributed by atoms with Crippen molar-refractivity contribution in [2.75, 3.05) is 38.2 Å². The third-order valence-electron chi connectivity index (χ3n) is 11.1. The summed E-state index contributed by atoms with van der Waals surface area (Å²) in [6.07, 6.45) is 2.24. The Morgan fingerprint density at radius 3 is 2.64 bits per heavy atom. The third kappa shape index (κ3) is 10.2. The summed E-state index contributed by atoms with van der Waals surface area (Å²) in [6, 6.07) is 12.7. The Bertz CT molecular complexity index is 2100. The van der Waals surface area contributed by atoms with Crippen LogP contribution in [0.25, 0.3) is 10.2 Å². The summed E-state index contributed by atoms with van der Waals surface area (Å²) in [7, 11) is -4.05. The highest BCUT2D eigenvalue weighted by Gasteiger charge is 2.58. The lowest BCUT2D eigenvalue weighted by molar-refractivity contribution is -0.154. The van der Waals surface area contributed by atoms with Gasteiger partial charge in [-0.15, -0.1) is 11.3 Å². The van der Waals surface area contributed by atoms with Crippen molar-refractivity contribution in [3.8, 4) is 5.75 Å². The number of rotatable bonds is 17. The number of nitrogens with zero attached hydrogens (tertiary/aromatic N) is 3. The Labute approximate surface area is 349 Å². The van der Waals surface area contributed by atoms with Gasteiger partial charge < -0.3 is 34.7 Å². The topological polar surface area (TPSA) is 161 Å². The molecule has 0 amide bonds. The molecule has 7 rings (SSSR count). The van der Waals surface area contributed by atoms with Crippen molar-refractivity contribution < 1.29 is 37.3 Å². The Morgan fingerprint density at radius 1 is 1.09 bits per heavy atom. The van der Waals surface area contributed by atoms with E-state index in [0.717, 1.165) is 58.3 Å². The highest BCUT2D eigenvalue weighted by Crippen LogP contribution is 2.44. The van der Waals surface area contributed by atoms with Crippen molar-refractivity contribution in [2.24, 2.45) is 17.8 Å². The fourth-order valence-corrected chi connectivity index (χ4v) is 11.7. The number of nitrogens with one attached hydrogen (secondary N) is 2. The molecule has 13 nitrogen and oxygen atoms in total. The minimum absolute atomic E-state index is 0.0334. The molecule has 4 aromatic rings. The number of aromatic nitrogens is 2. The van der Waals surface area contributed by atoms with Gasteiger partial charge >= 0.3 is 5.97 Å². The van der Waals surface area contributed by atoms with E-state index in [-0.39, 0.29) is 54.4 Å². The number of sulfonamides is 1. The zero-order chi connectivity index (χ0) is 41.0. The summed E-state index contributed by atoms with van der Waals surface area (Å²) < 4.78 is 55.1.